The predicted molar refractivity (Wildman–Crippen MR) is 148 cm³/mol. The molecule has 1 aromatic rings. The van der Waals surface area contributed by atoms with E-state index in [9.17, 15) is 24.3 Å². The van der Waals surface area contributed by atoms with Crippen molar-refractivity contribution in [2.45, 2.75) is 90.6 Å². The van der Waals surface area contributed by atoms with E-state index in [4.69, 9.17) is 15.2 Å². The minimum absolute atomic E-state index is 0.0139. The van der Waals surface area contributed by atoms with E-state index in [0.717, 1.165) is 44.9 Å². The van der Waals surface area contributed by atoms with Crippen molar-refractivity contribution in [2.24, 2.45) is 34.3 Å². The molecule has 8 heteroatoms. The normalized spacial score (nSPS) is 32.8. The van der Waals surface area contributed by atoms with Crippen LogP contribution in [0.1, 0.15) is 94.0 Å². The van der Waals surface area contributed by atoms with Gasteiger partial charge >= 0.3 is 5.97 Å². The van der Waals surface area contributed by atoms with Crippen LogP contribution >= 0.6 is 0 Å². The van der Waals surface area contributed by atoms with Crippen molar-refractivity contribution in [1.29, 1.82) is 0 Å². The second-order valence-corrected chi connectivity index (χ2v) is 12.8. The SMILES string of the molecule is COc1ccc(CC(=O)CCC(=O)OC2CCC3C4CCC5=CC(=O)CCC5(C)C4CCC23C)c(O)c1C(N)=O. The molecule has 0 spiro atoms. The highest BCUT2D eigenvalue weighted by molar-refractivity contribution is 5.99. The summed E-state index contributed by atoms with van der Waals surface area (Å²) in [5, 5.41) is 10.5. The first-order valence-corrected chi connectivity index (χ1v) is 14.6. The number of methoxy groups -OCH3 is 1. The Hall–Kier alpha value is -3.16. The topological polar surface area (TPSA) is 133 Å². The Bertz CT molecular complexity index is 1270. The Labute approximate surface area is 235 Å². The van der Waals surface area contributed by atoms with Crippen LogP contribution in [-0.4, -0.2) is 41.8 Å². The predicted octanol–water partition coefficient (Wildman–Crippen LogP) is 4.84. The maximum Gasteiger partial charge on any atom is 0.306 e. The van der Waals surface area contributed by atoms with Gasteiger partial charge in [-0.25, -0.2) is 0 Å². The number of Topliss-reactive ketones (excluding diaryl/α,β-unsaturated/α-hetero) is 1. The molecule has 3 N–H and O–H groups in total. The van der Waals surface area contributed by atoms with Gasteiger partial charge in [-0.1, -0.05) is 25.5 Å². The molecule has 6 atom stereocenters. The fraction of sp³-hybridized carbons (Fsp3) is 0.625. The fourth-order valence-electron chi connectivity index (χ4n) is 8.63. The Morgan fingerprint density at radius 2 is 1.80 bits per heavy atom. The number of ether oxygens (including phenoxy) is 2. The molecule has 216 valence electrons. The standard InChI is InChI=1S/C32H41NO7/c1-31-14-12-21(35)17-19(31)5-7-22-23-8-10-26(32(23,2)15-13-24(22)31)40-27(36)11-6-20(34)16-18-4-9-25(39-3)28(29(18)37)30(33)38/h4,9,17,22-24,26,37H,5-8,10-16H2,1-3H3,(H2,33,38). The molecule has 5 rings (SSSR count). The van der Waals surface area contributed by atoms with Crippen molar-refractivity contribution >= 4 is 23.4 Å². The van der Waals surface area contributed by atoms with Crippen molar-refractivity contribution in [3.8, 4) is 11.5 Å². The van der Waals surface area contributed by atoms with Crippen LogP contribution in [0.2, 0.25) is 0 Å². The van der Waals surface area contributed by atoms with Gasteiger partial charge in [0.25, 0.3) is 5.91 Å². The van der Waals surface area contributed by atoms with Gasteiger partial charge in [-0.15, -0.1) is 0 Å². The highest BCUT2D eigenvalue weighted by Crippen LogP contribution is 2.65. The molecule has 1 aromatic carbocycles. The number of ketones is 2. The number of carbonyl (C=O) groups excluding carboxylic acids is 4. The maximum absolute atomic E-state index is 12.9. The molecule has 8 nitrogen and oxygen atoms in total. The Morgan fingerprint density at radius 1 is 1.02 bits per heavy atom. The van der Waals surface area contributed by atoms with Gasteiger partial charge < -0.3 is 20.3 Å². The fourth-order valence-corrected chi connectivity index (χ4v) is 8.63. The van der Waals surface area contributed by atoms with Crippen molar-refractivity contribution in [2.75, 3.05) is 7.11 Å². The zero-order chi connectivity index (χ0) is 28.8. The van der Waals surface area contributed by atoms with Crippen molar-refractivity contribution in [1.82, 2.24) is 0 Å². The van der Waals surface area contributed by atoms with Crippen LogP contribution in [0.15, 0.2) is 23.8 Å². The van der Waals surface area contributed by atoms with Crippen LogP contribution < -0.4 is 10.5 Å². The molecular weight excluding hydrogens is 510 g/mol. The third-order valence-corrected chi connectivity index (χ3v) is 10.8. The Balaban J connectivity index is 1.18. The number of hydrogen-bond acceptors (Lipinski definition) is 7. The number of carbonyl (C=O) groups is 4. The molecular formula is C32H41NO7. The van der Waals surface area contributed by atoms with E-state index in [0.29, 0.717) is 24.2 Å². The molecule has 0 aliphatic heterocycles. The van der Waals surface area contributed by atoms with Gasteiger partial charge in [-0.05, 0) is 80.3 Å². The van der Waals surface area contributed by atoms with Crippen molar-refractivity contribution in [3.05, 3.63) is 34.9 Å². The molecule has 40 heavy (non-hydrogen) atoms. The Kier molecular flexibility index (Phi) is 7.57. The van der Waals surface area contributed by atoms with E-state index >= 15 is 0 Å². The van der Waals surface area contributed by atoms with Gasteiger partial charge in [0, 0.05) is 30.2 Å². The molecule has 3 saturated carbocycles. The number of phenols is 1. The number of fused-ring (bicyclic) bond motifs is 5. The average Bonchev–Trinajstić information content (AvgIpc) is 3.24. The van der Waals surface area contributed by atoms with Crippen molar-refractivity contribution < 1.29 is 33.8 Å². The molecule has 0 heterocycles. The van der Waals surface area contributed by atoms with Gasteiger partial charge in [0.15, 0.2) is 5.78 Å². The Morgan fingerprint density at radius 3 is 2.52 bits per heavy atom. The van der Waals surface area contributed by atoms with Crippen LogP contribution in [0.25, 0.3) is 0 Å². The number of allylic oxidation sites excluding steroid dienone is 1. The zero-order valence-electron chi connectivity index (χ0n) is 23.8. The molecule has 1 amide bonds. The van der Waals surface area contributed by atoms with Crippen LogP contribution in [-0.2, 0) is 25.5 Å². The molecule has 0 bridgehead atoms. The lowest BCUT2D eigenvalue weighted by molar-refractivity contribution is -0.160. The van der Waals surface area contributed by atoms with Crippen molar-refractivity contribution in [3.63, 3.8) is 0 Å². The number of primary amides is 1. The smallest absolute Gasteiger partial charge is 0.306 e. The summed E-state index contributed by atoms with van der Waals surface area (Å²) < 4.78 is 11.1. The van der Waals surface area contributed by atoms with E-state index in [1.165, 1.54) is 24.8 Å². The van der Waals surface area contributed by atoms with Crippen LogP contribution in [0.5, 0.6) is 11.5 Å². The van der Waals surface area contributed by atoms with Gasteiger partial charge in [0.2, 0.25) is 0 Å². The summed E-state index contributed by atoms with van der Waals surface area (Å²) in [7, 11) is 1.36. The summed E-state index contributed by atoms with van der Waals surface area (Å²) in [6, 6.07) is 3.00. The van der Waals surface area contributed by atoms with Gasteiger partial charge in [-0.3, -0.25) is 19.2 Å². The van der Waals surface area contributed by atoms with E-state index in [2.05, 4.69) is 13.8 Å². The summed E-state index contributed by atoms with van der Waals surface area (Å²) in [5.74, 6) is 0.237. The highest BCUT2D eigenvalue weighted by Gasteiger charge is 2.60. The van der Waals surface area contributed by atoms with Crippen LogP contribution in [0.4, 0.5) is 0 Å². The quantitative estimate of drug-likeness (QED) is 0.442. The summed E-state index contributed by atoms with van der Waals surface area (Å²) in [6.07, 6.45) is 9.29. The third-order valence-electron chi connectivity index (χ3n) is 10.8. The third kappa shape index (κ3) is 4.83. The summed E-state index contributed by atoms with van der Waals surface area (Å²) in [6.45, 7) is 4.65. The lowest BCUT2D eigenvalue weighted by atomic mass is 9.47. The minimum Gasteiger partial charge on any atom is -0.507 e. The largest absolute Gasteiger partial charge is 0.507 e. The average molecular weight is 552 g/mol. The monoisotopic (exact) mass is 551 g/mol. The van der Waals surface area contributed by atoms with E-state index in [1.54, 1.807) is 0 Å². The summed E-state index contributed by atoms with van der Waals surface area (Å²) >= 11 is 0. The van der Waals surface area contributed by atoms with Gasteiger partial charge in [0.1, 0.15) is 28.9 Å². The molecule has 3 fully saturated rings. The number of aromatic hydroxyl groups is 1. The number of hydrogen-bond donors (Lipinski definition) is 2. The second-order valence-electron chi connectivity index (χ2n) is 12.8. The number of rotatable bonds is 8. The number of nitrogens with two attached hydrogens (primary N) is 1. The van der Waals surface area contributed by atoms with Crippen LogP contribution in [0.3, 0.4) is 0 Å². The van der Waals surface area contributed by atoms with E-state index < -0.39 is 5.91 Å². The highest BCUT2D eigenvalue weighted by atomic mass is 16.5. The molecule has 0 radical (unpaired) electrons. The van der Waals surface area contributed by atoms with E-state index in [1.807, 2.05) is 6.08 Å². The first kappa shape index (κ1) is 28.4. The number of esters is 1. The summed E-state index contributed by atoms with van der Waals surface area (Å²) in [4.78, 5) is 49.4. The first-order chi connectivity index (χ1) is 19.0. The molecule has 0 saturated heterocycles. The molecule has 4 aliphatic rings. The lowest BCUT2D eigenvalue weighted by Gasteiger charge is -2.57. The van der Waals surface area contributed by atoms with E-state index in [-0.39, 0.29) is 76.4 Å². The lowest BCUT2D eigenvalue weighted by Crippen LogP contribution is -2.51. The van der Waals surface area contributed by atoms with Gasteiger partial charge in [-0.2, -0.15) is 0 Å². The summed E-state index contributed by atoms with van der Waals surface area (Å²) in [5.41, 5.74) is 6.86. The first-order valence-electron chi connectivity index (χ1n) is 14.6. The maximum atomic E-state index is 12.9. The number of benzene rings is 1. The molecule has 6 unspecified atom stereocenters. The zero-order valence-corrected chi connectivity index (χ0v) is 23.8. The number of amides is 1. The second kappa shape index (κ2) is 10.7. The van der Waals surface area contributed by atoms with Crippen LogP contribution in [0, 0.1) is 28.6 Å². The molecule has 4 aliphatic carbocycles. The molecule has 0 aromatic heterocycles. The van der Waals surface area contributed by atoms with Gasteiger partial charge in [0.05, 0.1) is 13.5 Å². The minimum atomic E-state index is -0.849.